The second-order valence-corrected chi connectivity index (χ2v) is 12.6. The van der Waals surface area contributed by atoms with Crippen LogP contribution in [0.25, 0.3) is 0 Å². The number of nitrogens with one attached hydrogen (secondary N) is 1. The smallest absolute Gasteiger partial charge is 0.466 e. The van der Waals surface area contributed by atoms with Gasteiger partial charge in [-0.25, -0.2) is 17.2 Å². The molecule has 20 heteroatoms. The zero-order valence-corrected chi connectivity index (χ0v) is 27.0. The van der Waals surface area contributed by atoms with Crippen LogP contribution in [0.3, 0.4) is 0 Å². The molecular weight excluding hydrogens is 685 g/mol. The molecule has 2 amide bonds. The molecule has 14 nitrogen and oxygen atoms in total. The van der Waals surface area contributed by atoms with Crippen LogP contribution in [0.5, 0.6) is 5.75 Å². The third-order valence-corrected chi connectivity index (χ3v) is 9.24. The molecule has 0 saturated carbocycles. The Morgan fingerprint density at radius 1 is 0.980 bits per heavy atom. The van der Waals surface area contributed by atoms with Crippen LogP contribution in [-0.4, -0.2) is 94.3 Å². The standard InChI is InChI=1S/C29H32F5N7O7S/c1-3-28(30,31)20-7-5-19(6-8-20)16-35-27(44)23-17-39(25(42)18-41-37-24(36-38-41)15-26(43)47-4-2)13-14-40(23)49(45,46)22-11-9-21(10-12-22)48-29(32,33)34/h5-12,23H,3-4,13-18H2,1-2H3,(H,35,44). The molecule has 1 unspecified atom stereocenters. The SMILES string of the molecule is CCOC(=O)Cc1nnn(CC(=O)N2CCN(S(=O)(=O)c3ccc(OC(F)(F)F)cc3)C(C(=O)NCc3ccc(C(F)(F)CC)cc3)C2)n1. The lowest BCUT2D eigenvalue weighted by Gasteiger charge is -2.39. The van der Waals surface area contributed by atoms with Gasteiger partial charge in [0.1, 0.15) is 24.8 Å². The second kappa shape index (κ2) is 15.2. The molecule has 1 aliphatic heterocycles. The summed E-state index contributed by atoms with van der Waals surface area (Å²) in [7, 11) is -4.51. The van der Waals surface area contributed by atoms with Gasteiger partial charge in [0.2, 0.25) is 21.8 Å². The number of hydrogen-bond acceptors (Lipinski definition) is 10. The number of benzene rings is 2. The second-order valence-electron chi connectivity index (χ2n) is 10.7. The summed E-state index contributed by atoms with van der Waals surface area (Å²) < 4.78 is 103. The molecule has 266 valence electrons. The maximum Gasteiger partial charge on any atom is 0.573 e. The predicted octanol–water partition coefficient (Wildman–Crippen LogP) is 2.40. The lowest BCUT2D eigenvalue weighted by molar-refractivity contribution is -0.274. The lowest BCUT2D eigenvalue weighted by atomic mass is 10.0. The van der Waals surface area contributed by atoms with Gasteiger partial charge < -0.3 is 19.7 Å². The Morgan fingerprint density at radius 2 is 1.65 bits per heavy atom. The first-order valence-corrected chi connectivity index (χ1v) is 16.3. The van der Waals surface area contributed by atoms with Crippen LogP contribution in [0.15, 0.2) is 53.4 Å². The average Bonchev–Trinajstić information content (AvgIpc) is 3.49. The van der Waals surface area contributed by atoms with Gasteiger partial charge in [-0.3, -0.25) is 14.4 Å². The van der Waals surface area contributed by atoms with E-state index < -0.39 is 76.3 Å². The van der Waals surface area contributed by atoms with E-state index in [-0.39, 0.29) is 44.0 Å². The summed E-state index contributed by atoms with van der Waals surface area (Å²) >= 11 is 0. The molecule has 0 radical (unpaired) electrons. The van der Waals surface area contributed by atoms with Crippen molar-refractivity contribution < 1.29 is 54.2 Å². The fourth-order valence-electron chi connectivity index (χ4n) is 4.80. The summed E-state index contributed by atoms with van der Waals surface area (Å²) in [6.07, 6.45) is -5.70. The zero-order valence-electron chi connectivity index (χ0n) is 26.2. The number of tetrazole rings is 1. The van der Waals surface area contributed by atoms with Crippen molar-refractivity contribution in [1.82, 2.24) is 34.7 Å². The molecule has 1 aromatic heterocycles. The maximum absolute atomic E-state index is 14.0. The number of amides is 2. The van der Waals surface area contributed by atoms with Gasteiger partial charge in [-0.1, -0.05) is 31.2 Å². The van der Waals surface area contributed by atoms with E-state index in [1.807, 2.05) is 0 Å². The molecule has 1 saturated heterocycles. The van der Waals surface area contributed by atoms with Gasteiger partial charge in [-0.2, -0.15) is 9.10 Å². The van der Waals surface area contributed by atoms with E-state index in [9.17, 15) is 44.8 Å². The molecule has 2 aromatic carbocycles. The molecule has 2 heterocycles. The van der Waals surface area contributed by atoms with E-state index >= 15 is 0 Å². The van der Waals surface area contributed by atoms with E-state index in [0.717, 1.165) is 33.4 Å². The minimum Gasteiger partial charge on any atom is -0.466 e. The number of hydrogen-bond donors (Lipinski definition) is 1. The largest absolute Gasteiger partial charge is 0.573 e. The number of nitrogens with zero attached hydrogens (tertiary/aromatic N) is 6. The molecule has 1 fully saturated rings. The summed E-state index contributed by atoms with van der Waals surface area (Å²) in [6, 6.07) is 7.08. The van der Waals surface area contributed by atoms with Gasteiger partial charge in [0.25, 0.3) is 5.92 Å². The number of alkyl halides is 5. The molecule has 1 N–H and O–H groups in total. The van der Waals surface area contributed by atoms with Crippen LogP contribution in [0.1, 0.15) is 37.2 Å². The Bertz CT molecular complexity index is 1740. The van der Waals surface area contributed by atoms with Gasteiger partial charge in [0, 0.05) is 38.2 Å². The summed E-state index contributed by atoms with van der Waals surface area (Å²) in [5.41, 5.74) is 0.212. The molecule has 1 atom stereocenters. The first-order chi connectivity index (χ1) is 23.0. The van der Waals surface area contributed by atoms with E-state index in [1.54, 1.807) is 6.92 Å². The molecular formula is C29H32F5N7O7S. The highest BCUT2D eigenvalue weighted by Crippen LogP contribution is 2.31. The van der Waals surface area contributed by atoms with Gasteiger partial charge in [0.05, 0.1) is 11.5 Å². The van der Waals surface area contributed by atoms with E-state index in [4.69, 9.17) is 4.74 Å². The Labute approximate surface area is 277 Å². The number of esters is 1. The summed E-state index contributed by atoms with van der Waals surface area (Å²) in [4.78, 5) is 40.1. The van der Waals surface area contributed by atoms with Crippen molar-refractivity contribution in [3.05, 3.63) is 65.5 Å². The van der Waals surface area contributed by atoms with Crippen molar-refractivity contribution in [3.63, 3.8) is 0 Å². The third kappa shape index (κ3) is 9.68. The van der Waals surface area contributed by atoms with Gasteiger partial charge >= 0.3 is 12.3 Å². The quantitative estimate of drug-likeness (QED) is 0.205. The maximum atomic E-state index is 14.0. The normalized spacial score (nSPS) is 15.9. The van der Waals surface area contributed by atoms with Gasteiger partial charge in [-0.05, 0) is 42.0 Å². The molecule has 1 aliphatic rings. The summed E-state index contributed by atoms with van der Waals surface area (Å²) in [6.45, 7) is 1.45. The minimum atomic E-state index is -5.01. The predicted molar refractivity (Wildman–Crippen MR) is 158 cm³/mol. The van der Waals surface area contributed by atoms with Crippen molar-refractivity contribution in [2.75, 3.05) is 26.2 Å². The number of sulfonamides is 1. The van der Waals surface area contributed by atoms with Crippen LogP contribution in [0, 0.1) is 0 Å². The van der Waals surface area contributed by atoms with Gasteiger partial charge in [-0.15, -0.1) is 23.4 Å². The highest BCUT2D eigenvalue weighted by Gasteiger charge is 2.42. The minimum absolute atomic E-state index is 0.00230. The van der Waals surface area contributed by atoms with Crippen molar-refractivity contribution in [2.24, 2.45) is 0 Å². The molecule has 0 bridgehead atoms. The highest BCUT2D eigenvalue weighted by atomic mass is 32.2. The van der Waals surface area contributed by atoms with E-state index in [1.165, 1.54) is 36.1 Å². The Kier molecular flexibility index (Phi) is 11.5. The summed E-state index contributed by atoms with van der Waals surface area (Å²) in [5.74, 6) is -5.76. The van der Waals surface area contributed by atoms with Crippen LogP contribution < -0.4 is 10.1 Å². The molecule has 3 aromatic rings. The van der Waals surface area contributed by atoms with Crippen LogP contribution in [0.4, 0.5) is 22.0 Å². The third-order valence-electron chi connectivity index (χ3n) is 7.32. The zero-order chi connectivity index (χ0) is 36.0. The molecule has 4 rings (SSSR count). The number of carbonyl (C=O) groups excluding carboxylic acids is 3. The highest BCUT2D eigenvalue weighted by molar-refractivity contribution is 7.89. The molecule has 0 spiro atoms. The van der Waals surface area contributed by atoms with Crippen LogP contribution in [-0.2, 0) is 54.6 Å². The lowest BCUT2D eigenvalue weighted by Crippen LogP contribution is -2.61. The Balaban J connectivity index is 1.52. The number of carbonyl (C=O) groups is 3. The molecule has 0 aliphatic carbocycles. The van der Waals surface area contributed by atoms with Crippen molar-refractivity contribution >= 4 is 27.8 Å². The first-order valence-electron chi connectivity index (χ1n) is 14.8. The van der Waals surface area contributed by atoms with Gasteiger partial charge in [0.15, 0.2) is 5.82 Å². The first kappa shape index (κ1) is 37.1. The van der Waals surface area contributed by atoms with E-state index in [0.29, 0.717) is 5.56 Å². The average molecular weight is 718 g/mol. The topological polar surface area (TPSA) is 166 Å². The monoisotopic (exact) mass is 717 g/mol. The van der Waals surface area contributed by atoms with Crippen molar-refractivity contribution in [1.29, 1.82) is 0 Å². The number of ether oxygens (including phenoxy) is 2. The van der Waals surface area contributed by atoms with Crippen molar-refractivity contribution in [3.8, 4) is 5.75 Å². The summed E-state index contributed by atoms with van der Waals surface area (Å²) in [5, 5.41) is 14.0. The fraction of sp³-hybridized carbons (Fsp3) is 0.448. The van der Waals surface area contributed by atoms with E-state index in [2.05, 4.69) is 25.5 Å². The number of halogens is 5. The van der Waals surface area contributed by atoms with Crippen LogP contribution in [0.2, 0.25) is 0 Å². The number of aromatic nitrogens is 4. The molecule has 49 heavy (non-hydrogen) atoms. The Hall–Kier alpha value is -4.72. The van der Waals surface area contributed by atoms with Crippen LogP contribution >= 0.6 is 0 Å². The fourth-order valence-corrected chi connectivity index (χ4v) is 6.37. The number of rotatable bonds is 13. The Morgan fingerprint density at radius 3 is 2.27 bits per heavy atom. The van der Waals surface area contributed by atoms with Crippen molar-refractivity contribution in [2.45, 2.75) is 63.0 Å². The number of piperazine rings is 1.